The van der Waals surface area contributed by atoms with Gasteiger partial charge < -0.3 is 9.64 Å². The number of nitrogens with one attached hydrogen (secondary N) is 1. The highest BCUT2D eigenvalue weighted by Crippen LogP contribution is 2.27. The Morgan fingerprint density at radius 1 is 1.10 bits per heavy atom. The first-order valence-corrected chi connectivity index (χ1v) is 11.0. The number of likely N-dealkylation sites (N-methyl/N-ethyl adjacent to an activating group) is 1. The number of imide groups is 1. The summed E-state index contributed by atoms with van der Waals surface area (Å²) in [4.78, 5) is 30.0. The van der Waals surface area contributed by atoms with Gasteiger partial charge in [-0.2, -0.15) is 0 Å². The first-order valence-electron chi connectivity index (χ1n) is 9.28. The summed E-state index contributed by atoms with van der Waals surface area (Å²) >= 11 is 2.52. The molecule has 0 unspecified atom stereocenters. The molecule has 1 saturated heterocycles. The molecular weight excluding hydrogens is 418 g/mol. The van der Waals surface area contributed by atoms with Crippen molar-refractivity contribution in [2.45, 2.75) is 0 Å². The highest BCUT2D eigenvalue weighted by atomic mass is 32.2. The molecule has 1 aromatic heterocycles. The van der Waals surface area contributed by atoms with Gasteiger partial charge in [0.15, 0.2) is 5.13 Å². The van der Waals surface area contributed by atoms with E-state index in [0.717, 1.165) is 39.5 Å². The van der Waals surface area contributed by atoms with E-state index < -0.39 is 0 Å². The molecule has 8 heteroatoms. The molecule has 0 aliphatic carbocycles. The largest absolute Gasteiger partial charge is 0.492 e. The molecule has 1 aliphatic rings. The lowest BCUT2D eigenvalue weighted by atomic mass is 10.2. The summed E-state index contributed by atoms with van der Waals surface area (Å²) in [6.07, 6.45) is 1.69. The van der Waals surface area contributed by atoms with Crippen molar-refractivity contribution in [1.29, 1.82) is 0 Å². The number of carbonyl (C=O) groups excluding carboxylic acids is 2. The topological polar surface area (TPSA) is 71.5 Å². The average Bonchev–Trinajstić information content (AvgIpc) is 3.37. The van der Waals surface area contributed by atoms with Crippen molar-refractivity contribution in [2.75, 3.05) is 25.1 Å². The van der Waals surface area contributed by atoms with Crippen LogP contribution in [0.25, 0.3) is 17.3 Å². The van der Waals surface area contributed by atoms with Crippen LogP contribution in [0.5, 0.6) is 5.75 Å². The van der Waals surface area contributed by atoms with Gasteiger partial charge >= 0.3 is 0 Å². The van der Waals surface area contributed by atoms with Crippen LogP contribution in [0.15, 0.2) is 64.9 Å². The quantitative estimate of drug-likeness (QED) is 0.543. The SMILES string of the molecule is CN(CCOc1ccc(/C=C2\SC(=O)NC2=O)cc1)c1nc(-c2ccccc2)cs1. The fourth-order valence-electron chi connectivity index (χ4n) is 2.81. The summed E-state index contributed by atoms with van der Waals surface area (Å²) in [6.45, 7) is 1.22. The molecule has 0 saturated carbocycles. The Labute approximate surface area is 182 Å². The number of thioether (sulfide) groups is 1. The van der Waals surface area contributed by atoms with Gasteiger partial charge in [0.05, 0.1) is 17.1 Å². The maximum Gasteiger partial charge on any atom is 0.290 e. The van der Waals surface area contributed by atoms with Crippen LogP contribution >= 0.6 is 23.1 Å². The van der Waals surface area contributed by atoms with Gasteiger partial charge in [0.2, 0.25) is 0 Å². The predicted octanol–water partition coefficient (Wildman–Crippen LogP) is 4.65. The Kier molecular flexibility index (Phi) is 6.15. The Hall–Kier alpha value is -3.10. The summed E-state index contributed by atoms with van der Waals surface area (Å²) in [5.41, 5.74) is 2.92. The van der Waals surface area contributed by atoms with Gasteiger partial charge in [-0.1, -0.05) is 42.5 Å². The standard InChI is InChI=1S/C22H19N3O3S2/c1-25(21-23-18(14-29-21)16-5-3-2-4-6-16)11-12-28-17-9-7-15(8-10-17)13-19-20(26)24-22(27)30-19/h2-10,13-14H,11-12H2,1H3,(H,24,26,27)/b19-13-. The summed E-state index contributed by atoms with van der Waals surface area (Å²) in [5, 5.41) is 4.91. The highest BCUT2D eigenvalue weighted by Gasteiger charge is 2.24. The summed E-state index contributed by atoms with van der Waals surface area (Å²) in [6, 6.07) is 17.5. The van der Waals surface area contributed by atoms with Crippen LogP contribution in [-0.2, 0) is 4.79 Å². The monoisotopic (exact) mass is 437 g/mol. The molecule has 2 heterocycles. The third kappa shape index (κ3) is 4.90. The van der Waals surface area contributed by atoms with Crippen molar-refractivity contribution in [3.8, 4) is 17.0 Å². The zero-order valence-corrected chi connectivity index (χ0v) is 17.8. The summed E-state index contributed by atoms with van der Waals surface area (Å²) < 4.78 is 5.83. The maximum atomic E-state index is 11.6. The van der Waals surface area contributed by atoms with Crippen LogP contribution in [0.2, 0.25) is 0 Å². The molecule has 0 atom stereocenters. The van der Waals surface area contributed by atoms with Gasteiger partial charge in [0.25, 0.3) is 11.1 Å². The fraction of sp³-hybridized carbons (Fsp3) is 0.136. The van der Waals surface area contributed by atoms with Gasteiger partial charge in [-0.05, 0) is 35.5 Å². The smallest absolute Gasteiger partial charge is 0.290 e. The van der Waals surface area contributed by atoms with E-state index >= 15 is 0 Å². The van der Waals surface area contributed by atoms with Gasteiger partial charge in [0, 0.05) is 18.0 Å². The molecule has 6 nitrogen and oxygen atoms in total. The lowest BCUT2D eigenvalue weighted by Gasteiger charge is -2.16. The molecule has 152 valence electrons. The molecule has 4 rings (SSSR count). The number of ether oxygens (including phenoxy) is 1. The molecule has 0 spiro atoms. The second-order valence-electron chi connectivity index (χ2n) is 6.57. The van der Waals surface area contributed by atoms with E-state index in [0.29, 0.717) is 18.1 Å². The first kappa shape index (κ1) is 20.2. The molecular formula is C22H19N3O3S2. The number of hydrogen-bond donors (Lipinski definition) is 1. The molecule has 1 fully saturated rings. The van der Waals surface area contributed by atoms with Crippen LogP contribution in [0.3, 0.4) is 0 Å². The molecule has 0 bridgehead atoms. The van der Waals surface area contributed by atoms with E-state index in [2.05, 4.69) is 27.7 Å². The van der Waals surface area contributed by atoms with E-state index in [9.17, 15) is 9.59 Å². The minimum Gasteiger partial charge on any atom is -0.492 e. The summed E-state index contributed by atoms with van der Waals surface area (Å²) in [7, 11) is 2.00. The maximum absolute atomic E-state index is 11.6. The van der Waals surface area contributed by atoms with Crippen LogP contribution in [0, 0.1) is 0 Å². The number of thiazole rings is 1. The number of nitrogens with zero attached hydrogens (tertiary/aromatic N) is 2. The summed E-state index contributed by atoms with van der Waals surface area (Å²) in [5.74, 6) is 0.389. The van der Waals surface area contributed by atoms with E-state index in [1.165, 1.54) is 0 Å². The molecule has 1 N–H and O–H groups in total. The minimum atomic E-state index is -0.356. The van der Waals surface area contributed by atoms with Gasteiger partial charge in [-0.3, -0.25) is 14.9 Å². The lowest BCUT2D eigenvalue weighted by molar-refractivity contribution is -0.115. The molecule has 0 radical (unpaired) electrons. The molecule has 2 aromatic carbocycles. The predicted molar refractivity (Wildman–Crippen MR) is 122 cm³/mol. The van der Waals surface area contributed by atoms with Crippen molar-refractivity contribution >= 4 is 45.5 Å². The molecule has 2 amide bonds. The van der Waals surface area contributed by atoms with Crippen LogP contribution < -0.4 is 15.0 Å². The second-order valence-corrected chi connectivity index (χ2v) is 8.42. The van der Waals surface area contributed by atoms with Gasteiger partial charge in [0.1, 0.15) is 12.4 Å². The Balaban J connectivity index is 1.29. The van der Waals surface area contributed by atoms with E-state index in [4.69, 9.17) is 9.72 Å². The Morgan fingerprint density at radius 3 is 2.57 bits per heavy atom. The third-order valence-corrected chi connectivity index (χ3v) is 6.17. The Bertz CT molecular complexity index is 1080. The van der Waals surface area contributed by atoms with Gasteiger partial charge in [-0.15, -0.1) is 11.3 Å². The Morgan fingerprint density at radius 2 is 1.87 bits per heavy atom. The van der Waals surface area contributed by atoms with Crippen molar-refractivity contribution in [1.82, 2.24) is 10.3 Å². The van der Waals surface area contributed by atoms with Crippen molar-refractivity contribution in [3.05, 3.63) is 70.4 Å². The van der Waals surface area contributed by atoms with E-state index in [-0.39, 0.29) is 11.1 Å². The van der Waals surface area contributed by atoms with Crippen LogP contribution in [0.1, 0.15) is 5.56 Å². The number of hydrogen-bond acceptors (Lipinski definition) is 7. The number of aromatic nitrogens is 1. The number of amides is 2. The van der Waals surface area contributed by atoms with E-state index in [1.807, 2.05) is 49.5 Å². The molecule has 30 heavy (non-hydrogen) atoms. The van der Waals surface area contributed by atoms with Crippen molar-refractivity contribution in [2.24, 2.45) is 0 Å². The van der Waals surface area contributed by atoms with E-state index in [1.54, 1.807) is 17.4 Å². The zero-order chi connectivity index (χ0) is 20.9. The van der Waals surface area contributed by atoms with Crippen molar-refractivity contribution < 1.29 is 14.3 Å². The lowest BCUT2D eigenvalue weighted by Crippen LogP contribution is -2.23. The average molecular weight is 438 g/mol. The minimum absolute atomic E-state index is 0.341. The number of benzene rings is 2. The van der Waals surface area contributed by atoms with Gasteiger partial charge in [-0.25, -0.2) is 4.98 Å². The van der Waals surface area contributed by atoms with Crippen LogP contribution in [-0.4, -0.2) is 36.3 Å². The highest BCUT2D eigenvalue weighted by molar-refractivity contribution is 8.18. The van der Waals surface area contributed by atoms with Crippen LogP contribution in [0.4, 0.5) is 9.93 Å². The normalized spacial score (nSPS) is 14.8. The zero-order valence-electron chi connectivity index (χ0n) is 16.2. The fourth-order valence-corrected chi connectivity index (χ4v) is 4.32. The number of carbonyl (C=O) groups is 2. The first-order chi connectivity index (χ1) is 14.6. The third-order valence-electron chi connectivity index (χ3n) is 4.40. The second kappa shape index (κ2) is 9.15. The van der Waals surface area contributed by atoms with Crippen molar-refractivity contribution in [3.63, 3.8) is 0 Å². The molecule has 1 aliphatic heterocycles. The molecule has 3 aromatic rings. The number of rotatable bonds is 7. The number of anilines is 1.